The number of carbonyl (C=O) groups is 3. The highest BCUT2D eigenvalue weighted by atomic mass is 32.2. The van der Waals surface area contributed by atoms with E-state index in [-0.39, 0.29) is 31.1 Å². The monoisotopic (exact) mass is 687 g/mol. The maximum atomic E-state index is 14.1. The van der Waals surface area contributed by atoms with Crippen LogP contribution in [0.25, 0.3) is 22.2 Å². The number of nitrogens with two attached hydrogens (primary N) is 1. The summed E-state index contributed by atoms with van der Waals surface area (Å²) in [5.74, 6) is 3.83. The fourth-order valence-corrected chi connectivity index (χ4v) is 8.46. The number of pyridine rings is 1. The molecule has 3 fully saturated rings. The van der Waals surface area contributed by atoms with Crippen molar-refractivity contribution in [2.75, 3.05) is 13.7 Å². The number of hydrogen-bond acceptors (Lipinski definition) is 9. The Morgan fingerprint density at radius 3 is 2.59 bits per heavy atom. The van der Waals surface area contributed by atoms with E-state index in [0.29, 0.717) is 54.9 Å². The first-order valence-electron chi connectivity index (χ1n) is 16.9. The topological polar surface area (TPSA) is 170 Å². The average Bonchev–Trinajstić information content (AvgIpc) is 4.02. The van der Waals surface area contributed by atoms with Gasteiger partial charge in [-0.15, -0.1) is 0 Å². The molecule has 4 N–H and O–H groups in total. The number of nitrogens with zero attached hydrogens (tertiary/aromatic N) is 2. The quantitative estimate of drug-likeness (QED) is 0.191. The normalized spacial score (nSPS) is 28.1. The number of hydrazine groups is 1. The Bertz CT molecular complexity index is 1920. The number of carbonyl (C=O) groups excluding carboxylic acids is 3. The zero-order chi connectivity index (χ0) is 34.3. The van der Waals surface area contributed by atoms with E-state index in [2.05, 4.69) is 10.0 Å². The molecule has 1 aliphatic heterocycles. The van der Waals surface area contributed by atoms with Crippen LogP contribution < -0.4 is 25.4 Å². The molecule has 2 aromatic carbocycles. The summed E-state index contributed by atoms with van der Waals surface area (Å²) in [6.07, 6.45) is 7.11. The number of ether oxygens (including phenoxy) is 2. The molecule has 3 saturated carbocycles. The van der Waals surface area contributed by atoms with Gasteiger partial charge in [-0.1, -0.05) is 42.5 Å². The third-order valence-electron chi connectivity index (χ3n) is 10.2. The molecule has 0 saturated heterocycles. The molecule has 0 radical (unpaired) electrons. The maximum Gasteiger partial charge on any atom is 0.259 e. The summed E-state index contributed by atoms with van der Waals surface area (Å²) in [5.41, 5.74) is 0.831. The Hall–Kier alpha value is -4.49. The van der Waals surface area contributed by atoms with Crippen LogP contribution in [-0.4, -0.2) is 66.7 Å². The summed E-state index contributed by atoms with van der Waals surface area (Å²) in [5, 5.41) is 4.25. The van der Waals surface area contributed by atoms with Gasteiger partial charge in [-0.2, -0.15) is 0 Å². The lowest BCUT2D eigenvalue weighted by molar-refractivity contribution is -0.142. The van der Waals surface area contributed by atoms with E-state index in [1.165, 1.54) is 5.01 Å². The minimum atomic E-state index is -3.83. The van der Waals surface area contributed by atoms with Crippen molar-refractivity contribution in [2.45, 2.75) is 68.3 Å². The van der Waals surface area contributed by atoms with E-state index in [4.69, 9.17) is 20.3 Å². The average molecular weight is 688 g/mol. The van der Waals surface area contributed by atoms with Gasteiger partial charge in [-0.05, 0) is 63.5 Å². The third kappa shape index (κ3) is 6.73. The van der Waals surface area contributed by atoms with Crippen LogP contribution in [0.5, 0.6) is 11.5 Å². The van der Waals surface area contributed by atoms with Gasteiger partial charge in [-0.25, -0.2) is 19.2 Å². The lowest BCUT2D eigenvalue weighted by atomic mass is 9.93. The number of hydrogen-bond donors (Lipinski definition) is 3. The number of allylic oxidation sites excluding steroid dienone is 1. The van der Waals surface area contributed by atoms with Crippen molar-refractivity contribution in [1.29, 1.82) is 0 Å². The van der Waals surface area contributed by atoms with E-state index in [1.807, 2.05) is 66.7 Å². The lowest BCUT2D eigenvalue weighted by Gasteiger charge is -2.26. The number of methoxy groups -OCH3 is 1. The Balaban J connectivity index is 1.19. The van der Waals surface area contributed by atoms with Crippen LogP contribution in [0.1, 0.15) is 51.4 Å². The molecule has 0 bridgehead atoms. The maximum absolute atomic E-state index is 14.1. The van der Waals surface area contributed by atoms with Crippen molar-refractivity contribution in [3.05, 3.63) is 66.7 Å². The number of nitrogens with one attached hydrogen (secondary N) is 2. The molecule has 12 nitrogen and oxygen atoms in total. The van der Waals surface area contributed by atoms with E-state index in [1.54, 1.807) is 7.11 Å². The van der Waals surface area contributed by atoms with Crippen LogP contribution in [0.15, 0.2) is 66.7 Å². The van der Waals surface area contributed by atoms with Gasteiger partial charge in [0, 0.05) is 35.5 Å². The van der Waals surface area contributed by atoms with Crippen LogP contribution in [0.4, 0.5) is 0 Å². The van der Waals surface area contributed by atoms with Crippen LogP contribution in [-0.2, 0) is 24.4 Å². The minimum absolute atomic E-state index is 0.190. The number of aromatic nitrogens is 1. The summed E-state index contributed by atoms with van der Waals surface area (Å²) in [7, 11) is -2.24. The largest absolute Gasteiger partial charge is 0.497 e. The van der Waals surface area contributed by atoms with Crippen LogP contribution in [0.3, 0.4) is 0 Å². The highest BCUT2D eigenvalue weighted by Gasteiger charge is 2.62. The Morgan fingerprint density at radius 2 is 1.84 bits per heavy atom. The van der Waals surface area contributed by atoms with E-state index in [9.17, 15) is 22.8 Å². The fraction of sp³-hybridized carbons (Fsp3) is 0.444. The molecular formula is C36H41N5O7S. The summed E-state index contributed by atoms with van der Waals surface area (Å²) in [6.45, 7) is 0.342. The zero-order valence-corrected chi connectivity index (χ0v) is 28.2. The Labute approximate surface area is 285 Å². The molecule has 49 heavy (non-hydrogen) atoms. The molecule has 3 aliphatic carbocycles. The van der Waals surface area contributed by atoms with Gasteiger partial charge in [0.2, 0.25) is 21.8 Å². The summed E-state index contributed by atoms with van der Waals surface area (Å²) >= 11 is 0. The van der Waals surface area contributed by atoms with Gasteiger partial charge in [-0.3, -0.25) is 24.1 Å². The Kier molecular flexibility index (Phi) is 8.82. The Morgan fingerprint density at radius 1 is 1.06 bits per heavy atom. The van der Waals surface area contributed by atoms with Crippen molar-refractivity contribution in [3.63, 3.8) is 0 Å². The van der Waals surface area contributed by atoms with Crippen molar-refractivity contribution in [2.24, 2.45) is 23.6 Å². The standard InChI is InChI=1S/C36H41N5O7S/c1-47-24-12-15-27-31(19-24)38-30(22-9-5-4-6-10-22)20-32(27)48-25-17-28-29(18-25)34(43)41(37)16-8-3-2-7-11-23-21-36(23,39-33(28)42)35(44)40-49(45,46)26-13-14-26/h4-7,9-12,15,19-20,23,25-26,28-29H,2-3,8,13-14,16-18,21,37H2,1H3,(H,39,42)(H,40,44)/b11-7-/t23-,25-,28-,29-,36?/m1/s1. The molecule has 258 valence electrons. The van der Waals surface area contributed by atoms with Gasteiger partial charge in [0.1, 0.15) is 23.1 Å². The van der Waals surface area contributed by atoms with Crippen LogP contribution >= 0.6 is 0 Å². The second-order valence-electron chi connectivity index (χ2n) is 13.6. The highest BCUT2D eigenvalue weighted by molar-refractivity contribution is 7.91. The first kappa shape index (κ1) is 33.0. The SMILES string of the molecule is COc1ccc2c(O[C@@H]3C[C@H]4C(=O)NC5(C(=O)NS(=O)(=O)C6CC6)C[C@H]5/C=C\CCCCN(N)C(=O)[C@@H]4C3)cc(-c3ccccc3)nc2c1. The molecule has 13 heteroatoms. The van der Waals surface area contributed by atoms with E-state index in [0.717, 1.165) is 17.4 Å². The van der Waals surface area contributed by atoms with Gasteiger partial charge in [0.25, 0.3) is 5.91 Å². The second kappa shape index (κ2) is 13.1. The molecule has 2 heterocycles. The minimum Gasteiger partial charge on any atom is -0.497 e. The molecule has 7 rings (SSSR count). The number of benzene rings is 2. The number of sulfonamides is 1. The van der Waals surface area contributed by atoms with Gasteiger partial charge in [0.15, 0.2) is 0 Å². The van der Waals surface area contributed by atoms with Crippen LogP contribution in [0, 0.1) is 17.8 Å². The van der Waals surface area contributed by atoms with Crippen molar-refractivity contribution < 1.29 is 32.3 Å². The fourth-order valence-electron chi connectivity index (χ4n) is 7.09. The van der Waals surface area contributed by atoms with Crippen molar-refractivity contribution >= 4 is 38.6 Å². The van der Waals surface area contributed by atoms with E-state index >= 15 is 0 Å². The highest BCUT2D eigenvalue weighted by Crippen LogP contribution is 2.47. The van der Waals surface area contributed by atoms with Crippen molar-refractivity contribution in [3.8, 4) is 22.8 Å². The van der Waals surface area contributed by atoms with Crippen LogP contribution in [0.2, 0.25) is 0 Å². The number of amides is 3. The predicted octanol–water partition coefficient (Wildman–Crippen LogP) is 3.61. The summed E-state index contributed by atoms with van der Waals surface area (Å²) in [4.78, 5) is 46.4. The first-order valence-corrected chi connectivity index (χ1v) is 18.4. The first-order chi connectivity index (χ1) is 23.6. The molecule has 0 spiro atoms. The predicted molar refractivity (Wildman–Crippen MR) is 182 cm³/mol. The molecule has 3 aromatic rings. The number of rotatable bonds is 7. The molecule has 5 atom stereocenters. The van der Waals surface area contributed by atoms with Gasteiger partial charge < -0.3 is 14.8 Å². The molecule has 4 aliphatic rings. The zero-order valence-electron chi connectivity index (χ0n) is 27.3. The lowest BCUT2D eigenvalue weighted by Crippen LogP contribution is -2.54. The molecular weight excluding hydrogens is 646 g/mol. The second-order valence-corrected chi connectivity index (χ2v) is 15.5. The summed E-state index contributed by atoms with van der Waals surface area (Å²) < 4.78 is 39.8. The molecule has 3 amide bonds. The van der Waals surface area contributed by atoms with Gasteiger partial charge >= 0.3 is 0 Å². The number of fused-ring (bicyclic) bond motifs is 3. The van der Waals surface area contributed by atoms with Gasteiger partial charge in [0.05, 0.1) is 35.4 Å². The smallest absolute Gasteiger partial charge is 0.259 e. The summed E-state index contributed by atoms with van der Waals surface area (Å²) in [6, 6.07) is 17.1. The van der Waals surface area contributed by atoms with Crippen molar-refractivity contribution in [1.82, 2.24) is 20.0 Å². The molecule has 1 aromatic heterocycles. The third-order valence-corrected chi connectivity index (χ3v) is 12.0. The molecule has 1 unspecified atom stereocenters. The van der Waals surface area contributed by atoms with E-state index < -0.39 is 50.6 Å².